The Bertz CT molecular complexity index is 1200. The largest absolute Gasteiger partial charge is 0.368 e. The molecule has 33 heavy (non-hydrogen) atoms. The first-order valence-corrected chi connectivity index (χ1v) is 12.7. The Balaban J connectivity index is 1.57. The van der Waals surface area contributed by atoms with Crippen molar-refractivity contribution in [1.82, 2.24) is 24.4 Å². The van der Waals surface area contributed by atoms with Crippen LogP contribution in [0.25, 0.3) is 11.1 Å². The predicted molar refractivity (Wildman–Crippen MR) is 126 cm³/mol. The fourth-order valence-electron chi connectivity index (χ4n) is 3.98. The zero-order chi connectivity index (χ0) is 23.8. The molecule has 3 aromatic rings. The third-order valence-corrected chi connectivity index (χ3v) is 7.81. The van der Waals surface area contributed by atoms with E-state index in [1.807, 2.05) is 17.0 Å². The van der Waals surface area contributed by atoms with E-state index in [4.69, 9.17) is 15.2 Å². The number of nitrogens with zero attached hydrogens (tertiary/aromatic N) is 6. The summed E-state index contributed by atoms with van der Waals surface area (Å²) in [7, 11) is -3.20. The highest BCUT2D eigenvalue weighted by atomic mass is 32.2. The maximum absolute atomic E-state index is 11.8. The number of benzene rings is 1. The van der Waals surface area contributed by atoms with Crippen molar-refractivity contribution in [3.63, 3.8) is 0 Å². The molecule has 2 N–H and O–H groups in total. The van der Waals surface area contributed by atoms with E-state index in [-0.39, 0.29) is 11.9 Å². The standard InChI is InChI=1S/C22H29N7O3S/c1-15(2)22(3,18-7-5-16(6-8-18)17-13-24-20(23)25-14-17)19-26-21(32-27-19)28-9-11-29(12-10-28)33(4,30)31/h5-8,13-15H,9-12H2,1-4H3,(H2,23,24,25). The molecule has 11 heteroatoms. The van der Waals surface area contributed by atoms with Gasteiger partial charge < -0.3 is 15.2 Å². The van der Waals surface area contributed by atoms with Crippen molar-refractivity contribution in [2.75, 3.05) is 43.1 Å². The van der Waals surface area contributed by atoms with Crippen LogP contribution in [0.1, 0.15) is 32.2 Å². The van der Waals surface area contributed by atoms with E-state index in [0.717, 1.165) is 16.7 Å². The number of sulfonamides is 1. The Hall–Kier alpha value is -3.05. The van der Waals surface area contributed by atoms with Gasteiger partial charge in [-0.1, -0.05) is 43.3 Å². The quantitative estimate of drug-likeness (QED) is 0.574. The van der Waals surface area contributed by atoms with Gasteiger partial charge in [-0.05, 0) is 24.0 Å². The minimum Gasteiger partial charge on any atom is -0.368 e. The lowest BCUT2D eigenvalue weighted by molar-refractivity contribution is 0.337. The third-order valence-electron chi connectivity index (χ3n) is 6.50. The molecule has 1 atom stereocenters. The fraction of sp³-hybridized carbons (Fsp3) is 0.455. The second-order valence-corrected chi connectivity index (χ2v) is 10.8. The summed E-state index contributed by atoms with van der Waals surface area (Å²) < 4.78 is 30.6. The van der Waals surface area contributed by atoms with E-state index in [1.165, 1.54) is 10.6 Å². The number of hydrogen-bond donors (Lipinski definition) is 1. The normalized spacial score (nSPS) is 17.3. The number of aromatic nitrogens is 4. The van der Waals surface area contributed by atoms with E-state index < -0.39 is 15.4 Å². The summed E-state index contributed by atoms with van der Waals surface area (Å²) in [5, 5.41) is 4.33. The lowest BCUT2D eigenvalue weighted by Crippen LogP contribution is -2.48. The molecule has 2 aromatic heterocycles. The first-order chi connectivity index (χ1) is 15.6. The second-order valence-electron chi connectivity index (χ2n) is 8.81. The molecule has 1 unspecified atom stereocenters. The molecule has 1 fully saturated rings. The van der Waals surface area contributed by atoms with Crippen molar-refractivity contribution >= 4 is 22.0 Å². The highest BCUT2D eigenvalue weighted by Crippen LogP contribution is 2.38. The van der Waals surface area contributed by atoms with Gasteiger partial charge in [-0.2, -0.15) is 9.29 Å². The minimum absolute atomic E-state index is 0.190. The van der Waals surface area contributed by atoms with Crippen molar-refractivity contribution in [2.45, 2.75) is 26.2 Å². The first kappa shape index (κ1) is 23.1. The van der Waals surface area contributed by atoms with Gasteiger partial charge in [-0.25, -0.2) is 18.4 Å². The highest BCUT2D eigenvalue weighted by molar-refractivity contribution is 7.88. The van der Waals surface area contributed by atoms with Gasteiger partial charge in [0.2, 0.25) is 16.0 Å². The van der Waals surface area contributed by atoms with Crippen LogP contribution in [0.2, 0.25) is 0 Å². The van der Waals surface area contributed by atoms with Gasteiger partial charge in [0.15, 0.2) is 5.82 Å². The molecule has 0 aliphatic carbocycles. The van der Waals surface area contributed by atoms with Gasteiger partial charge in [-0.15, -0.1) is 0 Å². The van der Waals surface area contributed by atoms with Crippen molar-refractivity contribution in [2.24, 2.45) is 5.92 Å². The SMILES string of the molecule is CC(C)C(C)(c1ccc(-c2cnc(N)nc2)cc1)c1noc(N2CCN(S(C)(=O)=O)CC2)n1. The molecule has 3 heterocycles. The molecular weight excluding hydrogens is 442 g/mol. The van der Waals surface area contributed by atoms with E-state index in [9.17, 15) is 8.42 Å². The molecule has 0 saturated carbocycles. The molecule has 176 valence electrons. The van der Waals surface area contributed by atoms with Crippen LogP contribution >= 0.6 is 0 Å². The number of piperazine rings is 1. The summed E-state index contributed by atoms with van der Waals surface area (Å²) in [5.74, 6) is 1.03. The number of anilines is 2. The molecule has 0 spiro atoms. The number of hydrogen-bond acceptors (Lipinski definition) is 9. The lowest BCUT2D eigenvalue weighted by Gasteiger charge is -2.32. The Morgan fingerprint density at radius 2 is 1.64 bits per heavy atom. The predicted octanol–water partition coefficient (Wildman–Crippen LogP) is 2.15. The summed E-state index contributed by atoms with van der Waals surface area (Å²) in [4.78, 5) is 14.8. The molecule has 4 rings (SSSR count). The molecule has 0 amide bonds. The summed E-state index contributed by atoms with van der Waals surface area (Å²) in [6.07, 6.45) is 4.63. The highest BCUT2D eigenvalue weighted by Gasteiger charge is 2.38. The molecule has 1 aromatic carbocycles. The van der Waals surface area contributed by atoms with Crippen molar-refractivity contribution in [3.8, 4) is 11.1 Å². The molecule has 1 saturated heterocycles. The molecule has 0 radical (unpaired) electrons. The van der Waals surface area contributed by atoms with Crippen molar-refractivity contribution in [3.05, 3.63) is 48.0 Å². The molecular formula is C22H29N7O3S. The van der Waals surface area contributed by atoms with Gasteiger partial charge in [0.05, 0.1) is 11.7 Å². The average molecular weight is 472 g/mol. The van der Waals surface area contributed by atoms with E-state index in [0.29, 0.717) is 38.0 Å². The Labute approximate surface area is 193 Å². The average Bonchev–Trinajstić information content (AvgIpc) is 3.29. The van der Waals surface area contributed by atoms with Gasteiger partial charge in [0.25, 0.3) is 0 Å². The van der Waals surface area contributed by atoms with E-state index >= 15 is 0 Å². The summed E-state index contributed by atoms with van der Waals surface area (Å²) >= 11 is 0. The van der Waals surface area contributed by atoms with Crippen LogP contribution in [0.3, 0.4) is 0 Å². The van der Waals surface area contributed by atoms with Crippen LogP contribution in [0.15, 0.2) is 41.2 Å². The molecule has 1 aliphatic rings. The topological polar surface area (TPSA) is 131 Å². The van der Waals surface area contributed by atoms with Crippen LogP contribution in [-0.4, -0.2) is 65.3 Å². The smallest absolute Gasteiger partial charge is 0.324 e. The fourth-order valence-corrected chi connectivity index (χ4v) is 4.81. The zero-order valence-corrected chi connectivity index (χ0v) is 20.1. The Morgan fingerprint density at radius 1 is 1.03 bits per heavy atom. The lowest BCUT2D eigenvalue weighted by atomic mass is 9.72. The zero-order valence-electron chi connectivity index (χ0n) is 19.3. The minimum atomic E-state index is -3.20. The van der Waals surface area contributed by atoms with E-state index in [2.05, 4.69) is 48.0 Å². The number of nitrogen functional groups attached to an aromatic ring is 1. The monoisotopic (exact) mass is 471 g/mol. The summed E-state index contributed by atoms with van der Waals surface area (Å²) in [5.41, 5.74) is 8.04. The van der Waals surface area contributed by atoms with Crippen LogP contribution in [0.4, 0.5) is 12.0 Å². The maximum Gasteiger partial charge on any atom is 0.324 e. The number of rotatable bonds is 6. The van der Waals surface area contributed by atoms with E-state index in [1.54, 1.807) is 12.4 Å². The number of nitrogens with two attached hydrogens (primary N) is 1. The van der Waals surface area contributed by atoms with Crippen molar-refractivity contribution in [1.29, 1.82) is 0 Å². The Kier molecular flexibility index (Phi) is 6.10. The third kappa shape index (κ3) is 4.55. The van der Waals surface area contributed by atoms with Gasteiger partial charge in [0, 0.05) is 44.1 Å². The van der Waals surface area contributed by atoms with Crippen LogP contribution < -0.4 is 10.6 Å². The van der Waals surface area contributed by atoms with Crippen LogP contribution in [-0.2, 0) is 15.4 Å². The molecule has 10 nitrogen and oxygen atoms in total. The molecule has 1 aliphatic heterocycles. The summed E-state index contributed by atoms with van der Waals surface area (Å²) in [6, 6.07) is 8.59. The summed E-state index contributed by atoms with van der Waals surface area (Å²) in [6.45, 7) is 8.17. The van der Waals surface area contributed by atoms with Crippen molar-refractivity contribution < 1.29 is 12.9 Å². The van der Waals surface area contributed by atoms with Crippen LogP contribution in [0, 0.1) is 5.92 Å². The molecule has 0 bridgehead atoms. The second kappa shape index (κ2) is 8.71. The van der Waals surface area contributed by atoms with Gasteiger partial charge in [-0.3, -0.25) is 0 Å². The Morgan fingerprint density at radius 3 is 2.18 bits per heavy atom. The first-order valence-electron chi connectivity index (χ1n) is 10.8. The van der Waals surface area contributed by atoms with Gasteiger partial charge in [0.1, 0.15) is 0 Å². The maximum atomic E-state index is 11.8. The van der Waals surface area contributed by atoms with Gasteiger partial charge >= 0.3 is 6.01 Å². The van der Waals surface area contributed by atoms with Crippen LogP contribution in [0.5, 0.6) is 0 Å².